The molecule has 1 fully saturated rings. The third kappa shape index (κ3) is 24.1. The average molecular weight is 1080 g/mol. The number of aromatic nitrogens is 2. The molecule has 2 aromatic rings. The third-order valence-electron chi connectivity index (χ3n) is 12.9. The first-order valence-corrected chi connectivity index (χ1v) is 28.0. The summed E-state index contributed by atoms with van der Waals surface area (Å²) in [5.41, 5.74) is 7.59. The molecule has 0 radical (unpaired) electrons. The van der Waals surface area contributed by atoms with Gasteiger partial charge in [0.1, 0.15) is 17.9 Å². The second-order valence-electron chi connectivity index (χ2n) is 19.4. The molecule has 0 aliphatic carbocycles. The van der Waals surface area contributed by atoms with Crippen molar-refractivity contribution in [3.63, 3.8) is 0 Å². The van der Waals surface area contributed by atoms with E-state index in [4.69, 9.17) is 15.2 Å². The lowest BCUT2D eigenvalue weighted by Gasteiger charge is -2.28. The fraction of sp³-hybridized carbons (Fsp3) is 0.686. The van der Waals surface area contributed by atoms with Gasteiger partial charge < -0.3 is 55.5 Å². The highest BCUT2D eigenvalue weighted by atomic mass is 32.1. The molecule has 8 N–H and O–H groups in total. The van der Waals surface area contributed by atoms with Crippen LogP contribution in [0.1, 0.15) is 116 Å². The van der Waals surface area contributed by atoms with Crippen LogP contribution in [-0.2, 0) is 71.5 Å². The Bertz CT molecular complexity index is 2110. The zero-order chi connectivity index (χ0) is 54.6. The number of unbranched alkanes of at least 4 members (excludes halogenated alkanes) is 5. The summed E-state index contributed by atoms with van der Waals surface area (Å²) >= 11 is 4.00. The summed E-state index contributed by atoms with van der Waals surface area (Å²) in [7, 11) is -5.04. The van der Waals surface area contributed by atoms with Gasteiger partial charge in [0.2, 0.25) is 23.6 Å². The molecule has 2 heterocycles. The van der Waals surface area contributed by atoms with Gasteiger partial charge in [-0.3, -0.25) is 38.1 Å². The number of phosphoric acid groups is 1. The molecule has 21 nitrogen and oxygen atoms in total. The minimum Gasteiger partial charge on any atom is -0.394 e. The van der Waals surface area contributed by atoms with Crippen LogP contribution in [0.15, 0.2) is 42.9 Å². The number of hydrogen-bond acceptors (Lipinski definition) is 15. The monoisotopic (exact) mass is 1080 g/mol. The zero-order valence-corrected chi connectivity index (χ0v) is 45.4. The van der Waals surface area contributed by atoms with Crippen molar-refractivity contribution in [2.24, 2.45) is 23.5 Å². The summed E-state index contributed by atoms with van der Waals surface area (Å²) in [5.74, 6) is -6.07. The van der Waals surface area contributed by atoms with Gasteiger partial charge in [0, 0.05) is 56.5 Å². The Hall–Kier alpha value is -4.38. The number of Topliss-reactive ketones (excluding diaryl/α,β-unsaturated/α-hetero) is 3. The number of ketones is 3. The smallest absolute Gasteiger partial charge is 0.394 e. The molecule has 0 spiro atoms. The molecule has 416 valence electrons. The van der Waals surface area contributed by atoms with Crippen molar-refractivity contribution in [3.05, 3.63) is 54.1 Å². The van der Waals surface area contributed by atoms with Crippen molar-refractivity contribution in [1.82, 2.24) is 30.4 Å². The lowest BCUT2D eigenvalue weighted by atomic mass is 9.89. The van der Waals surface area contributed by atoms with Crippen LogP contribution >= 0.6 is 20.5 Å². The molecular weight excluding hydrogens is 998 g/mol. The van der Waals surface area contributed by atoms with E-state index in [-0.39, 0.29) is 82.1 Å². The van der Waals surface area contributed by atoms with Gasteiger partial charge in [0.15, 0.2) is 11.6 Å². The van der Waals surface area contributed by atoms with E-state index < -0.39 is 92.1 Å². The van der Waals surface area contributed by atoms with Crippen molar-refractivity contribution >= 4 is 61.4 Å². The third-order valence-corrected chi connectivity index (χ3v) is 13.9. The lowest BCUT2D eigenvalue weighted by Crippen LogP contribution is -2.52. The van der Waals surface area contributed by atoms with Crippen LogP contribution in [0.5, 0.6) is 0 Å². The number of carbonyl (C=O) groups excluding carboxylic acids is 7. The molecule has 1 aromatic heterocycles. The van der Waals surface area contributed by atoms with E-state index >= 15 is 0 Å². The molecule has 1 aliphatic heterocycles. The van der Waals surface area contributed by atoms with Crippen LogP contribution in [0.2, 0.25) is 0 Å². The van der Waals surface area contributed by atoms with Gasteiger partial charge in [0.05, 0.1) is 75.8 Å². The van der Waals surface area contributed by atoms with Gasteiger partial charge in [0.25, 0.3) is 0 Å². The first kappa shape index (κ1) is 63.9. The number of rotatable bonds is 39. The molecule has 23 heteroatoms. The van der Waals surface area contributed by atoms with E-state index in [1.54, 1.807) is 12.5 Å². The van der Waals surface area contributed by atoms with E-state index in [1.807, 2.05) is 36.6 Å². The van der Waals surface area contributed by atoms with E-state index in [9.17, 15) is 53.0 Å². The highest BCUT2D eigenvalue weighted by Gasteiger charge is 2.38. The Morgan fingerprint density at radius 1 is 0.878 bits per heavy atom. The minimum absolute atomic E-state index is 0.00180. The summed E-state index contributed by atoms with van der Waals surface area (Å²) in [5, 5.41) is 18.4. The molecule has 0 saturated carbocycles. The molecule has 1 aromatic carbocycles. The number of aryl methyl sites for hydroxylation is 2. The molecule has 1 aliphatic rings. The number of amides is 4. The van der Waals surface area contributed by atoms with Gasteiger partial charge >= 0.3 is 7.82 Å². The van der Waals surface area contributed by atoms with Crippen LogP contribution in [-0.4, -0.2) is 152 Å². The Balaban J connectivity index is 1.70. The van der Waals surface area contributed by atoms with Gasteiger partial charge in [-0.1, -0.05) is 69.9 Å². The Labute approximate surface area is 441 Å². The first-order chi connectivity index (χ1) is 35.2. The molecule has 74 heavy (non-hydrogen) atoms. The molecule has 7 atom stereocenters. The van der Waals surface area contributed by atoms with E-state index in [0.29, 0.717) is 31.6 Å². The number of hydrogen-bond donors (Lipinski definition) is 8. The number of thiol groups is 1. The Morgan fingerprint density at radius 3 is 2.19 bits per heavy atom. The van der Waals surface area contributed by atoms with Crippen LogP contribution in [0.4, 0.5) is 0 Å². The molecule has 1 saturated heterocycles. The first-order valence-electron chi connectivity index (χ1n) is 25.9. The van der Waals surface area contributed by atoms with Crippen LogP contribution in [0.25, 0.3) is 0 Å². The van der Waals surface area contributed by atoms with Gasteiger partial charge in [-0.15, -0.1) is 0 Å². The van der Waals surface area contributed by atoms with E-state index in [1.165, 1.54) is 17.4 Å². The summed E-state index contributed by atoms with van der Waals surface area (Å²) in [6.07, 6.45) is 9.23. The molecule has 3 rings (SSSR count). The van der Waals surface area contributed by atoms with Crippen molar-refractivity contribution in [3.8, 4) is 0 Å². The summed E-state index contributed by atoms with van der Waals surface area (Å²) in [6.45, 7) is 7.19. The number of benzene rings is 1. The number of nitrogens with one attached hydrogen (secondary N) is 3. The molecule has 0 unspecified atom stereocenters. The van der Waals surface area contributed by atoms with E-state index in [2.05, 4.69) is 50.2 Å². The summed E-state index contributed by atoms with van der Waals surface area (Å²) < 4.78 is 29.2. The zero-order valence-electron chi connectivity index (χ0n) is 43.6. The number of phosphoric ester groups is 1. The largest absolute Gasteiger partial charge is 0.469 e. The van der Waals surface area contributed by atoms with Crippen LogP contribution < -0.4 is 21.7 Å². The normalized spacial score (nSPS) is 16.2. The fourth-order valence-corrected chi connectivity index (χ4v) is 9.56. The summed E-state index contributed by atoms with van der Waals surface area (Å²) in [6, 6.07) is 6.23. The highest BCUT2D eigenvalue weighted by molar-refractivity contribution is 7.80. The van der Waals surface area contributed by atoms with Gasteiger partial charge in [-0.05, 0) is 63.9 Å². The maximum atomic E-state index is 14.4. The lowest BCUT2D eigenvalue weighted by molar-refractivity contribution is -0.140. The number of imidazole rings is 1. The number of carbonyl (C=O) groups is 7. The Morgan fingerprint density at radius 2 is 1.54 bits per heavy atom. The van der Waals surface area contributed by atoms with Crippen molar-refractivity contribution in [2.75, 3.05) is 51.9 Å². The predicted molar refractivity (Wildman–Crippen MR) is 280 cm³/mol. The summed E-state index contributed by atoms with van der Waals surface area (Å²) in [4.78, 5) is 118. The minimum atomic E-state index is -5.04. The fourth-order valence-electron chi connectivity index (χ4n) is 8.82. The van der Waals surface area contributed by atoms with Crippen molar-refractivity contribution in [1.29, 1.82) is 0 Å². The predicted octanol–water partition coefficient (Wildman–Crippen LogP) is 3.04. The van der Waals surface area contributed by atoms with Crippen LogP contribution in [0.3, 0.4) is 0 Å². The quantitative estimate of drug-likeness (QED) is 0.0271. The average Bonchev–Trinajstić information content (AvgIpc) is 4.04. The number of nitrogens with two attached hydrogens (primary N) is 1. The number of aliphatic hydroxyl groups excluding tert-OH is 1. The molecular formula is C51H82N7O14PS. The topological polar surface area (TPSA) is 308 Å². The maximum absolute atomic E-state index is 14.4. The number of aliphatic hydroxyl groups is 1. The highest BCUT2D eigenvalue weighted by Crippen LogP contribution is 2.39. The number of nitrogens with zero attached hydrogens (tertiary/aromatic N) is 3. The molecule has 4 amide bonds. The SMILES string of the molecule is CC(=O)[C@@H](CC(=O)[C@H](CO)NC(=O)[C@@H](CC(=O)[C@H](CC(C)C)NC(=O)[C@@H]1CCCN1C(=O)CCOCCOCCNC(=O)[C@@H](N)CS)Cc1cncn1CCCCCCCCc1ccccc1)[C@@H](C)OP(=O)(O)O. The molecule has 0 bridgehead atoms. The number of ether oxygens (including phenoxy) is 2. The Kier molecular flexibility index (Phi) is 29.6. The standard InChI is InChI=1S/C51H82N7O14PS/c1-35(2)27-43(55-51(66)45-18-14-22-58(45)48(63)19-23-70-25-26-71-24-20-54-50(65)42(52)33-74)46(61)29-39(49(64)56-44(32-59)47(62)30-41(36(3)60)37(4)72-73(67,68)69)28-40-31-53-34-57(40)21-13-8-6-5-7-10-15-38-16-11-9-12-17-38/h9,11-12,16-17,31,34-35,37,39,41-45,59,74H,5-8,10,13-15,18-30,32-33,52H2,1-4H3,(H,54,65)(H,55,66)(H,56,64)(H2,67,68,69)/t37-,39-,41-,42+,43+,44+,45+/m1/s1. The van der Waals surface area contributed by atoms with E-state index in [0.717, 1.165) is 51.9 Å². The maximum Gasteiger partial charge on any atom is 0.469 e. The van der Waals surface area contributed by atoms with Gasteiger partial charge in [-0.2, -0.15) is 12.6 Å². The van der Waals surface area contributed by atoms with Crippen molar-refractivity contribution in [2.45, 2.75) is 154 Å². The van der Waals surface area contributed by atoms with Crippen LogP contribution in [0, 0.1) is 17.8 Å². The van der Waals surface area contributed by atoms with Crippen molar-refractivity contribution < 1.29 is 67.0 Å². The second-order valence-corrected chi connectivity index (χ2v) is 21.0. The van der Waals surface area contributed by atoms with Gasteiger partial charge in [-0.25, -0.2) is 9.55 Å². The second kappa shape index (κ2) is 34.3. The number of likely N-dealkylation sites (tertiary alicyclic amines) is 1.